The van der Waals surface area contributed by atoms with E-state index in [1.807, 2.05) is 27.7 Å². The average Bonchev–Trinajstić information content (AvgIpc) is 3.08. The molecular formula is C14H16N6O2S2. The van der Waals surface area contributed by atoms with Crippen molar-refractivity contribution in [2.75, 3.05) is 5.32 Å². The second kappa shape index (κ2) is 6.36. The van der Waals surface area contributed by atoms with Crippen LogP contribution in [-0.2, 0) is 11.3 Å². The van der Waals surface area contributed by atoms with Gasteiger partial charge in [-0.2, -0.15) is 0 Å². The van der Waals surface area contributed by atoms with Gasteiger partial charge in [-0.05, 0) is 19.4 Å². The van der Waals surface area contributed by atoms with Crippen molar-refractivity contribution in [1.29, 1.82) is 0 Å². The molecule has 3 heterocycles. The van der Waals surface area contributed by atoms with Crippen LogP contribution in [0.3, 0.4) is 0 Å². The van der Waals surface area contributed by atoms with E-state index in [1.54, 1.807) is 0 Å². The molecule has 0 aliphatic heterocycles. The lowest BCUT2D eigenvalue weighted by Gasteiger charge is -2.03. The van der Waals surface area contributed by atoms with Crippen LogP contribution in [0.2, 0.25) is 0 Å². The summed E-state index contributed by atoms with van der Waals surface area (Å²) in [5.41, 5.74) is 0.576. The average molecular weight is 364 g/mol. The molecule has 0 saturated carbocycles. The first-order chi connectivity index (χ1) is 11.4. The Morgan fingerprint density at radius 3 is 2.62 bits per heavy atom. The van der Waals surface area contributed by atoms with Gasteiger partial charge in [0.15, 0.2) is 4.83 Å². The largest absolute Gasteiger partial charge is 0.299 e. The van der Waals surface area contributed by atoms with Crippen molar-refractivity contribution in [3.05, 3.63) is 25.8 Å². The Morgan fingerprint density at radius 2 is 1.96 bits per heavy atom. The molecule has 1 N–H and O–H groups in total. The van der Waals surface area contributed by atoms with E-state index in [9.17, 15) is 9.59 Å². The fourth-order valence-corrected chi connectivity index (χ4v) is 3.84. The molecule has 0 unspecified atom stereocenters. The summed E-state index contributed by atoms with van der Waals surface area (Å²) >= 11 is 2.74. The van der Waals surface area contributed by atoms with Crippen molar-refractivity contribution in [3.8, 4) is 0 Å². The van der Waals surface area contributed by atoms with Crippen molar-refractivity contribution in [1.82, 2.24) is 25.2 Å². The van der Waals surface area contributed by atoms with E-state index in [0.29, 0.717) is 15.3 Å². The van der Waals surface area contributed by atoms with Gasteiger partial charge in [-0.3, -0.25) is 14.9 Å². The van der Waals surface area contributed by atoms with Gasteiger partial charge in [0.05, 0.1) is 5.39 Å². The van der Waals surface area contributed by atoms with Crippen LogP contribution in [0.4, 0.5) is 5.13 Å². The quantitative estimate of drug-likeness (QED) is 0.760. The number of carbonyl (C=O) groups excluding carboxylic acids is 1. The van der Waals surface area contributed by atoms with E-state index < -0.39 is 0 Å². The first-order valence-electron chi connectivity index (χ1n) is 7.33. The predicted octanol–water partition coefficient (Wildman–Crippen LogP) is 2.08. The molecule has 0 aliphatic carbocycles. The number of anilines is 1. The van der Waals surface area contributed by atoms with Crippen molar-refractivity contribution in [2.24, 2.45) is 0 Å². The number of fused-ring (bicyclic) bond motifs is 1. The SMILES string of the molecule is Cc1sc2nnn(CC(=O)Nc3nnc(C(C)C)s3)c(=O)c2c1C. The molecule has 0 fully saturated rings. The van der Waals surface area contributed by atoms with E-state index in [-0.39, 0.29) is 23.9 Å². The highest BCUT2D eigenvalue weighted by atomic mass is 32.1. The molecular weight excluding hydrogens is 348 g/mol. The molecule has 3 aromatic rings. The molecule has 10 heteroatoms. The van der Waals surface area contributed by atoms with Gasteiger partial charge >= 0.3 is 0 Å². The first-order valence-corrected chi connectivity index (χ1v) is 8.97. The van der Waals surface area contributed by atoms with Gasteiger partial charge < -0.3 is 0 Å². The third kappa shape index (κ3) is 3.06. The third-order valence-corrected chi connectivity index (χ3v) is 5.76. The number of carbonyl (C=O) groups is 1. The van der Waals surface area contributed by atoms with E-state index in [0.717, 1.165) is 20.1 Å². The maximum atomic E-state index is 12.5. The summed E-state index contributed by atoms with van der Waals surface area (Å²) in [5, 5.41) is 20.2. The summed E-state index contributed by atoms with van der Waals surface area (Å²) in [6.07, 6.45) is 0. The normalized spacial score (nSPS) is 11.4. The number of aryl methyl sites for hydroxylation is 2. The standard InChI is InChI=1S/C14H16N6O2S2/c1-6(2)11-16-18-14(24-11)15-9(21)5-20-13(22)10-7(3)8(4)23-12(10)17-19-20/h6H,5H2,1-4H3,(H,15,18,21). The van der Waals surface area contributed by atoms with Gasteiger partial charge in [0.25, 0.3) is 5.56 Å². The zero-order chi connectivity index (χ0) is 17.4. The smallest absolute Gasteiger partial charge is 0.279 e. The van der Waals surface area contributed by atoms with Crippen LogP contribution in [0.5, 0.6) is 0 Å². The van der Waals surface area contributed by atoms with Crippen LogP contribution in [0.25, 0.3) is 10.2 Å². The minimum absolute atomic E-state index is 0.216. The molecule has 0 atom stereocenters. The zero-order valence-electron chi connectivity index (χ0n) is 13.7. The van der Waals surface area contributed by atoms with Crippen molar-refractivity contribution in [3.63, 3.8) is 0 Å². The van der Waals surface area contributed by atoms with Gasteiger partial charge in [-0.15, -0.1) is 26.6 Å². The van der Waals surface area contributed by atoms with Crippen LogP contribution in [0.15, 0.2) is 4.79 Å². The highest BCUT2D eigenvalue weighted by molar-refractivity contribution is 7.18. The molecule has 8 nitrogen and oxygen atoms in total. The van der Waals surface area contributed by atoms with Crippen LogP contribution in [-0.4, -0.2) is 31.1 Å². The Morgan fingerprint density at radius 1 is 1.21 bits per heavy atom. The van der Waals surface area contributed by atoms with Gasteiger partial charge in [0, 0.05) is 10.8 Å². The summed E-state index contributed by atoms with van der Waals surface area (Å²) in [6.45, 7) is 7.59. The van der Waals surface area contributed by atoms with Crippen LogP contribution < -0.4 is 10.9 Å². The van der Waals surface area contributed by atoms with Crippen LogP contribution in [0, 0.1) is 13.8 Å². The maximum absolute atomic E-state index is 12.5. The lowest BCUT2D eigenvalue weighted by Crippen LogP contribution is -2.30. The summed E-state index contributed by atoms with van der Waals surface area (Å²) in [5.74, 6) is -0.143. The summed E-state index contributed by atoms with van der Waals surface area (Å²) in [7, 11) is 0. The minimum Gasteiger partial charge on any atom is -0.299 e. The maximum Gasteiger partial charge on any atom is 0.279 e. The number of aromatic nitrogens is 5. The Labute approximate surface area is 145 Å². The van der Waals surface area contributed by atoms with Gasteiger partial charge in [0.1, 0.15) is 11.6 Å². The van der Waals surface area contributed by atoms with Crippen LogP contribution in [0.1, 0.15) is 35.2 Å². The molecule has 0 saturated heterocycles. The van der Waals surface area contributed by atoms with Crippen LogP contribution >= 0.6 is 22.7 Å². The summed E-state index contributed by atoms with van der Waals surface area (Å²) in [4.78, 5) is 26.3. The van der Waals surface area contributed by atoms with E-state index >= 15 is 0 Å². The number of nitrogens with one attached hydrogen (secondary N) is 1. The molecule has 0 aliphatic rings. The fraction of sp³-hybridized carbons (Fsp3) is 0.429. The minimum atomic E-state index is -0.387. The molecule has 24 heavy (non-hydrogen) atoms. The Kier molecular flexibility index (Phi) is 4.41. The highest BCUT2D eigenvalue weighted by Crippen LogP contribution is 2.25. The second-order valence-corrected chi connectivity index (χ2v) is 7.88. The van der Waals surface area contributed by atoms with E-state index in [4.69, 9.17) is 0 Å². The molecule has 0 bridgehead atoms. The second-order valence-electron chi connectivity index (χ2n) is 5.66. The van der Waals surface area contributed by atoms with E-state index in [2.05, 4.69) is 25.8 Å². The number of nitrogens with zero attached hydrogens (tertiary/aromatic N) is 5. The lowest BCUT2D eigenvalue weighted by atomic mass is 10.2. The Hall–Kier alpha value is -2.20. The number of hydrogen-bond acceptors (Lipinski definition) is 8. The molecule has 0 aromatic carbocycles. The number of hydrogen-bond donors (Lipinski definition) is 1. The molecule has 0 spiro atoms. The molecule has 0 radical (unpaired) electrons. The Balaban J connectivity index is 1.81. The predicted molar refractivity (Wildman–Crippen MR) is 93.8 cm³/mol. The Bertz CT molecular complexity index is 971. The fourth-order valence-electron chi connectivity index (χ4n) is 2.11. The van der Waals surface area contributed by atoms with Gasteiger partial charge in [-0.1, -0.05) is 30.4 Å². The highest BCUT2D eigenvalue weighted by Gasteiger charge is 2.16. The van der Waals surface area contributed by atoms with Gasteiger partial charge in [-0.25, -0.2) is 4.68 Å². The molecule has 126 valence electrons. The first kappa shape index (κ1) is 16.7. The topological polar surface area (TPSA) is 103 Å². The van der Waals surface area contributed by atoms with E-state index in [1.165, 1.54) is 22.7 Å². The van der Waals surface area contributed by atoms with Crippen molar-refractivity contribution < 1.29 is 4.79 Å². The molecule has 1 amide bonds. The zero-order valence-corrected chi connectivity index (χ0v) is 15.3. The number of amides is 1. The number of rotatable bonds is 4. The van der Waals surface area contributed by atoms with Crippen molar-refractivity contribution in [2.45, 2.75) is 40.2 Å². The number of thiophene rings is 1. The monoisotopic (exact) mass is 364 g/mol. The summed E-state index contributed by atoms with van der Waals surface area (Å²) < 4.78 is 1.07. The summed E-state index contributed by atoms with van der Waals surface area (Å²) in [6, 6.07) is 0. The van der Waals surface area contributed by atoms with Crippen molar-refractivity contribution >= 4 is 43.9 Å². The molecule has 3 rings (SSSR count). The molecule has 3 aromatic heterocycles. The third-order valence-electron chi connectivity index (χ3n) is 3.53. The lowest BCUT2D eigenvalue weighted by molar-refractivity contribution is -0.117. The van der Waals surface area contributed by atoms with Gasteiger partial charge in [0.2, 0.25) is 11.0 Å².